The Morgan fingerprint density at radius 2 is 1.89 bits per heavy atom. The number of allylic oxidation sites excluding steroid dienone is 2. The first-order valence-electron chi connectivity index (χ1n) is 9.24. The molecule has 5 heteroatoms. The SMILES string of the molecule is C/C=C(/C)c1cc2oc(-c3ccc(F)cc3)c(C(=O)NC)c2cc1OC(C)C. The second-order valence-electron chi connectivity index (χ2n) is 6.88. The summed E-state index contributed by atoms with van der Waals surface area (Å²) in [7, 11) is 1.57. The van der Waals surface area contributed by atoms with Gasteiger partial charge in [0, 0.05) is 23.6 Å². The molecular weight excluding hydrogens is 357 g/mol. The average molecular weight is 381 g/mol. The lowest BCUT2D eigenvalue weighted by molar-refractivity contribution is 0.0964. The van der Waals surface area contributed by atoms with E-state index in [2.05, 4.69) is 5.32 Å². The second-order valence-corrected chi connectivity index (χ2v) is 6.88. The van der Waals surface area contributed by atoms with Crippen molar-refractivity contribution >= 4 is 22.4 Å². The molecule has 146 valence electrons. The molecule has 0 spiro atoms. The number of nitrogens with one attached hydrogen (secondary N) is 1. The van der Waals surface area contributed by atoms with E-state index in [1.54, 1.807) is 19.2 Å². The molecule has 1 N–H and O–H groups in total. The van der Waals surface area contributed by atoms with Gasteiger partial charge < -0.3 is 14.5 Å². The van der Waals surface area contributed by atoms with E-state index in [9.17, 15) is 9.18 Å². The number of furan rings is 1. The molecule has 0 radical (unpaired) electrons. The van der Waals surface area contributed by atoms with Crippen molar-refractivity contribution in [2.24, 2.45) is 0 Å². The van der Waals surface area contributed by atoms with Gasteiger partial charge in [-0.3, -0.25) is 4.79 Å². The predicted octanol–water partition coefficient (Wildman–Crippen LogP) is 5.81. The summed E-state index contributed by atoms with van der Waals surface area (Å²) in [4.78, 5) is 12.7. The van der Waals surface area contributed by atoms with Gasteiger partial charge in [-0.25, -0.2) is 4.39 Å². The zero-order valence-electron chi connectivity index (χ0n) is 16.7. The van der Waals surface area contributed by atoms with Gasteiger partial charge in [0.1, 0.15) is 22.9 Å². The topological polar surface area (TPSA) is 51.5 Å². The summed E-state index contributed by atoms with van der Waals surface area (Å²) in [5.41, 5.74) is 3.56. The van der Waals surface area contributed by atoms with Crippen molar-refractivity contribution in [2.45, 2.75) is 33.8 Å². The van der Waals surface area contributed by atoms with Crippen LogP contribution in [0.5, 0.6) is 5.75 Å². The molecule has 1 aromatic heterocycles. The molecule has 3 aromatic rings. The molecule has 0 bridgehead atoms. The van der Waals surface area contributed by atoms with E-state index in [4.69, 9.17) is 9.15 Å². The molecule has 3 rings (SSSR count). The maximum atomic E-state index is 13.4. The van der Waals surface area contributed by atoms with Crippen molar-refractivity contribution < 1.29 is 18.3 Å². The van der Waals surface area contributed by atoms with Crippen molar-refractivity contribution in [3.05, 3.63) is 59.4 Å². The first kappa shape index (κ1) is 19.7. The van der Waals surface area contributed by atoms with Crippen LogP contribution in [0.2, 0.25) is 0 Å². The van der Waals surface area contributed by atoms with Crippen LogP contribution in [-0.4, -0.2) is 19.1 Å². The Morgan fingerprint density at radius 1 is 1.21 bits per heavy atom. The number of carbonyl (C=O) groups excluding carboxylic acids is 1. The Hall–Kier alpha value is -3.08. The highest BCUT2D eigenvalue weighted by Crippen LogP contribution is 2.39. The summed E-state index contributed by atoms with van der Waals surface area (Å²) in [6, 6.07) is 9.63. The zero-order valence-corrected chi connectivity index (χ0v) is 16.7. The third-order valence-electron chi connectivity index (χ3n) is 4.57. The number of fused-ring (bicyclic) bond motifs is 1. The van der Waals surface area contributed by atoms with Gasteiger partial charge >= 0.3 is 0 Å². The zero-order chi connectivity index (χ0) is 20.4. The van der Waals surface area contributed by atoms with Gasteiger partial charge in [-0.1, -0.05) is 6.08 Å². The van der Waals surface area contributed by atoms with Crippen molar-refractivity contribution in [1.29, 1.82) is 0 Å². The molecule has 0 saturated heterocycles. The van der Waals surface area contributed by atoms with E-state index in [0.29, 0.717) is 33.6 Å². The Morgan fingerprint density at radius 3 is 2.46 bits per heavy atom. The minimum absolute atomic E-state index is 0.0206. The first-order chi connectivity index (χ1) is 13.3. The van der Waals surface area contributed by atoms with E-state index < -0.39 is 0 Å². The smallest absolute Gasteiger partial charge is 0.255 e. The second kappa shape index (κ2) is 7.89. The molecule has 0 saturated carbocycles. The van der Waals surface area contributed by atoms with E-state index in [1.165, 1.54) is 12.1 Å². The number of hydrogen-bond donors (Lipinski definition) is 1. The summed E-state index contributed by atoms with van der Waals surface area (Å²) in [5.74, 6) is 0.471. The Labute approximate surface area is 164 Å². The van der Waals surface area contributed by atoms with Crippen molar-refractivity contribution in [2.75, 3.05) is 7.05 Å². The highest BCUT2D eigenvalue weighted by Gasteiger charge is 2.24. The molecule has 2 aromatic carbocycles. The highest BCUT2D eigenvalue weighted by molar-refractivity contribution is 6.11. The largest absolute Gasteiger partial charge is 0.490 e. The average Bonchev–Trinajstić information content (AvgIpc) is 3.04. The van der Waals surface area contributed by atoms with Crippen LogP contribution in [0, 0.1) is 5.82 Å². The van der Waals surface area contributed by atoms with Crippen LogP contribution in [0.15, 0.2) is 46.9 Å². The fourth-order valence-electron chi connectivity index (χ4n) is 3.09. The molecule has 28 heavy (non-hydrogen) atoms. The van der Waals surface area contributed by atoms with Gasteiger partial charge in [-0.2, -0.15) is 0 Å². The van der Waals surface area contributed by atoms with E-state index in [1.807, 2.05) is 45.9 Å². The minimum Gasteiger partial charge on any atom is -0.490 e. The monoisotopic (exact) mass is 381 g/mol. The molecule has 0 aliphatic carbocycles. The van der Waals surface area contributed by atoms with E-state index in [0.717, 1.165) is 11.1 Å². The number of amides is 1. The lowest BCUT2D eigenvalue weighted by Gasteiger charge is -2.15. The van der Waals surface area contributed by atoms with Crippen molar-refractivity contribution in [3.63, 3.8) is 0 Å². The maximum Gasteiger partial charge on any atom is 0.255 e. The third kappa shape index (κ3) is 3.65. The molecule has 0 aliphatic heterocycles. The lowest BCUT2D eigenvalue weighted by atomic mass is 10.0. The van der Waals surface area contributed by atoms with Gasteiger partial charge in [0.25, 0.3) is 5.91 Å². The first-order valence-corrected chi connectivity index (χ1v) is 9.24. The lowest BCUT2D eigenvalue weighted by Crippen LogP contribution is -2.18. The molecular formula is C23H24FNO3. The summed E-state index contributed by atoms with van der Waals surface area (Å²) >= 11 is 0. The number of benzene rings is 2. The van der Waals surface area contributed by atoms with Gasteiger partial charge in [0.15, 0.2) is 0 Å². The van der Waals surface area contributed by atoms with Crippen LogP contribution in [-0.2, 0) is 0 Å². The highest BCUT2D eigenvalue weighted by atomic mass is 19.1. The Balaban J connectivity index is 2.33. The van der Waals surface area contributed by atoms with Crippen LogP contribution in [0.4, 0.5) is 4.39 Å². The number of rotatable bonds is 5. The van der Waals surface area contributed by atoms with Crippen molar-refractivity contribution in [3.8, 4) is 17.1 Å². The van der Waals surface area contributed by atoms with Gasteiger partial charge in [0.2, 0.25) is 0 Å². The Kier molecular flexibility index (Phi) is 5.54. The minimum atomic E-state index is -0.347. The summed E-state index contributed by atoms with van der Waals surface area (Å²) in [6.45, 7) is 7.87. The normalized spacial score (nSPS) is 11.9. The summed E-state index contributed by atoms with van der Waals surface area (Å²) in [6.07, 6.45) is 1.98. The van der Waals surface area contributed by atoms with Gasteiger partial charge in [-0.05, 0) is 69.7 Å². The molecule has 0 fully saturated rings. The molecule has 0 atom stereocenters. The molecule has 1 heterocycles. The van der Waals surface area contributed by atoms with E-state index in [-0.39, 0.29) is 17.8 Å². The fourth-order valence-corrected chi connectivity index (χ4v) is 3.09. The van der Waals surface area contributed by atoms with Crippen LogP contribution in [0.25, 0.3) is 27.9 Å². The van der Waals surface area contributed by atoms with Crippen LogP contribution in [0.1, 0.15) is 43.6 Å². The number of carbonyl (C=O) groups is 1. The molecule has 1 amide bonds. The summed E-state index contributed by atoms with van der Waals surface area (Å²) in [5, 5.41) is 3.32. The molecule has 4 nitrogen and oxygen atoms in total. The third-order valence-corrected chi connectivity index (χ3v) is 4.57. The molecule has 0 aliphatic rings. The summed E-state index contributed by atoms with van der Waals surface area (Å²) < 4.78 is 25.4. The fraction of sp³-hybridized carbons (Fsp3) is 0.261. The number of ether oxygens (including phenoxy) is 1. The number of halogens is 1. The molecule has 0 unspecified atom stereocenters. The van der Waals surface area contributed by atoms with Crippen LogP contribution in [0.3, 0.4) is 0 Å². The van der Waals surface area contributed by atoms with Gasteiger partial charge in [-0.15, -0.1) is 0 Å². The van der Waals surface area contributed by atoms with Crippen LogP contribution >= 0.6 is 0 Å². The Bertz CT molecular complexity index is 1050. The quantitative estimate of drug-likeness (QED) is 0.607. The van der Waals surface area contributed by atoms with Crippen LogP contribution < -0.4 is 10.1 Å². The predicted molar refractivity (Wildman–Crippen MR) is 110 cm³/mol. The number of hydrogen-bond acceptors (Lipinski definition) is 3. The van der Waals surface area contributed by atoms with Crippen molar-refractivity contribution in [1.82, 2.24) is 5.32 Å². The maximum absolute atomic E-state index is 13.4. The van der Waals surface area contributed by atoms with Gasteiger partial charge in [0.05, 0.1) is 11.7 Å². The standard InChI is InChI=1S/C23H24FNO3/c1-6-14(4)17-11-20-18(12-19(17)27-13(2)3)21(23(26)25-5)22(28-20)15-7-9-16(24)10-8-15/h6-13H,1-5H3,(H,25,26)/b14-6-. The van der Waals surface area contributed by atoms with E-state index >= 15 is 0 Å².